The number of nitrogens with one attached hydrogen (secondary N) is 2. The molecule has 4 aliphatic rings. The summed E-state index contributed by atoms with van der Waals surface area (Å²) < 4.78 is 54.8. The lowest BCUT2D eigenvalue weighted by Gasteiger charge is -2.45. The molecule has 2 heterocycles. The van der Waals surface area contributed by atoms with Crippen LogP contribution in [-0.2, 0) is 20.0 Å². The third kappa shape index (κ3) is 3.19. The van der Waals surface area contributed by atoms with Gasteiger partial charge in [0, 0.05) is 24.7 Å². The SMILES string of the molecule is CN1C(O)=C(C2=NS(=O)(=O)c3cc(NS(C)(=O)=O)ccc3N2)C(O)C2C3CCC(C3)C21. The van der Waals surface area contributed by atoms with Crippen LogP contribution < -0.4 is 10.0 Å². The Balaban J connectivity index is 1.55. The summed E-state index contributed by atoms with van der Waals surface area (Å²) in [5, 5.41) is 24.9. The lowest BCUT2D eigenvalue weighted by Crippen LogP contribution is -2.53. The normalized spacial score (nSPS) is 33.5. The van der Waals surface area contributed by atoms with E-state index in [1.165, 1.54) is 18.2 Å². The summed E-state index contributed by atoms with van der Waals surface area (Å²) in [6, 6.07) is 4.05. The molecule has 4 N–H and O–H groups in total. The second-order valence-electron chi connectivity index (χ2n) is 8.82. The molecule has 2 bridgehead atoms. The summed E-state index contributed by atoms with van der Waals surface area (Å²) in [4.78, 5) is 1.54. The first-order chi connectivity index (χ1) is 14.5. The van der Waals surface area contributed by atoms with Gasteiger partial charge >= 0.3 is 0 Å². The molecule has 0 radical (unpaired) electrons. The molecular formula is C19H24N4O6S2. The predicted molar refractivity (Wildman–Crippen MR) is 115 cm³/mol. The molecule has 1 aromatic carbocycles. The average molecular weight is 469 g/mol. The topological polar surface area (TPSA) is 148 Å². The third-order valence-electron chi connectivity index (χ3n) is 6.90. The van der Waals surface area contributed by atoms with Crippen molar-refractivity contribution in [3.63, 3.8) is 0 Å². The minimum Gasteiger partial charge on any atom is -0.494 e. The van der Waals surface area contributed by atoms with Gasteiger partial charge in [-0.1, -0.05) is 0 Å². The van der Waals surface area contributed by atoms with Gasteiger partial charge in [0.2, 0.25) is 10.0 Å². The number of aliphatic hydroxyl groups is 2. The zero-order valence-corrected chi connectivity index (χ0v) is 18.6. The van der Waals surface area contributed by atoms with Crippen LogP contribution in [0.15, 0.2) is 38.9 Å². The molecule has 12 heteroatoms. The van der Waals surface area contributed by atoms with E-state index in [9.17, 15) is 27.0 Å². The first-order valence-electron chi connectivity index (χ1n) is 10.0. The van der Waals surface area contributed by atoms with E-state index in [0.29, 0.717) is 11.8 Å². The highest BCUT2D eigenvalue weighted by atomic mass is 32.2. The van der Waals surface area contributed by atoms with Crippen LogP contribution in [0.1, 0.15) is 19.3 Å². The molecule has 31 heavy (non-hydrogen) atoms. The van der Waals surface area contributed by atoms with Gasteiger partial charge in [0.15, 0.2) is 11.7 Å². The van der Waals surface area contributed by atoms with Gasteiger partial charge in [0.1, 0.15) is 4.90 Å². The van der Waals surface area contributed by atoms with Crippen LogP contribution in [0.2, 0.25) is 0 Å². The zero-order chi connectivity index (χ0) is 22.3. The largest absolute Gasteiger partial charge is 0.494 e. The molecule has 2 aliphatic heterocycles. The van der Waals surface area contributed by atoms with Gasteiger partial charge in [0.05, 0.1) is 23.6 Å². The van der Waals surface area contributed by atoms with E-state index in [1.807, 2.05) is 0 Å². The number of aliphatic hydroxyl groups excluding tert-OH is 2. The molecule has 0 spiro atoms. The summed E-state index contributed by atoms with van der Waals surface area (Å²) in [5.41, 5.74) is 0.354. The number of benzene rings is 1. The molecule has 0 saturated heterocycles. The van der Waals surface area contributed by atoms with Gasteiger partial charge in [-0.25, -0.2) is 8.42 Å². The number of sulfonamides is 2. The highest BCUT2D eigenvalue weighted by molar-refractivity contribution is 7.92. The van der Waals surface area contributed by atoms with E-state index in [4.69, 9.17) is 0 Å². The summed E-state index contributed by atoms with van der Waals surface area (Å²) in [7, 11) is -6.02. The summed E-state index contributed by atoms with van der Waals surface area (Å²) in [6.07, 6.45) is 3.01. The number of rotatable bonds is 3. The van der Waals surface area contributed by atoms with Crippen LogP contribution in [0.25, 0.3) is 0 Å². The number of nitrogens with zero attached hydrogens (tertiary/aromatic N) is 2. The smallest absolute Gasteiger partial charge is 0.286 e. The lowest BCUT2D eigenvalue weighted by atomic mass is 9.75. The van der Waals surface area contributed by atoms with Crippen LogP contribution in [0.4, 0.5) is 11.4 Å². The van der Waals surface area contributed by atoms with E-state index in [2.05, 4.69) is 14.4 Å². The van der Waals surface area contributed by atoms with E-state index in [-0.39, 0.29) is 45.5 Å². The Bertz CT molecular complexity index is 1240. The van der Waals surface area contributed by atoms with Crippen LogP contribution in [0, 0.1) is 17.8 Å². The van der Waals surface area contributed by atoms with Crippen LogP contribution in [-0.4, -0.2) is 63.2 Å². The zero-order valence-electron chi connectivity index (χ0n) is 17.0. The second-order valence-corrected chi connectivity index (χ2v) is 12.1. The van der Waals surface area contributed by atoms with Crippen LogP contribution in [0.5, 0.6) is 0 Å². The van der Waals surface area contributed by atoms with Gasteiger partial charge in [-0.2, -0.15) is 8.42 Å². The molecule has 0 amide bonds. The maximum Gasteiger partial charge on any atom is 0.286 e. The quantitative estimate of drug-likeness (QED) is 0.515. The minimum atomic E-state index is -4.20. The first-order valence-corrected chi connectivity index (χ1v) is 13.4. The highest BCUT2D eigenvalue weighted by Gasteiger charge is 2.56. The second kappa shape index (κ2) is 6.59. The minimum absolute atomic E-state index is 0.0233. The molecule has 5 rings (SSSR count). The van der Waals surface area contributed by atoms with E-state index >= 15 is 0 Å². The number of hydrogen-bond donors (Lipinski definition) is 4. The number of fused-ring (bicyclic) bond motifs is 6. The van der Waals surface area contributed by atoms with Crippen molar-refractivity contribution in [2.24, 2.45) is 22.2 Å². The first kappa shape index (κ1) is 20.6. The van der Waals surface area contributed by atoms with E-state index in [0.717, 1.165) is 25.5 Å². The van der Waals surface area contributed by atoms with Gasteiger partial charge in [-0.3, -0.25) is 4.72 Å². The van der Waals surface area contributed by atoms with Gasteiger partial charge in [-0.05, 0) is 49.3 Å². The Morgan fingerprint density at radius 2 is 1.97 bits per heavy atom. The molecule has 5 unspecified atom stereocenters. The van der Waals surface area contributed by atoms with Crippen molar-refractivity contribution < 1.29 is 27.0 Å². The summed E-state index contributed by atoms with van der Waals surface area (Å²) in [6.45, 7) is 0. The summed E-state index contributed by atoms with van der Waals surface area (Å²) in [5.74, 6) is 0.346. The number of anilines is 2. The van der Waals surface area contributed by atoms with Crippen molar-refractivity contribution in [3.05, 3.63) is 29.7 Å². The molecule has 5 atom stereocenters. The Morgan fingerprint density at radius 1 is 1.26 bits per heavy atom. The molecule has 0 aromatic heterocycles. The predicted octanol–water partition coefficient (Wildman–Crippen LogP) is 1.06. The Hall–Kier alpha value is -2.31. The molecule has 2 fully saturated rings. The monoisotopic (exact) mass is 468 g/mol. The van der Waals surface area contributed by atoms with Crippen LogP contribution in [0.3, 0.4) is 0 Å². The Labute approximate surface area is 180 Å². The van der Waals surface area contributed by atoms with Crippen molar-refractivity contribution in [2.75, 3.05) is 23.3 Å². The number of amidine groups is 1. The van der Waals surface area contributed by atoms with Crippen molar-refractivity contribution in [1.29, 1.82) is 0 Å². The molecule has 2 saturated carbocycles. The molecular weight excluding hydrogens is 444 g/mol. The maximum atomic E-state index is 12.9. The fraction of sp³-hybridized carbons (Fsp3) is 0.526. The van der Waals surface area contributed by atoms with Gasteiger partial charge in [-0.15, -0.1) is 4.40 Å². The third-order valence-corrected chi connectivity index (χ3v) is 8.82. The molecule has 168 valence electrons. The van der Waals surface area contributed by atoms with E-state index < -0.39 is 26.2 Å². The number of hydrogen-bond acceptors (Lipinski definition) is 8. The molecule has 1 aromatic rings. The Morgan fingerprint density at radius 3 is 2.68 bits per heavy atom. The summed E-state index contributed by atoms with van der Waals surface area (Å²) >= 11 is 0. The van der Waals surface area contributed by atoms with Gasteiger partial charge in [0.25, 0.3) is 10.0 Å². The highest BCUT2D eigenvalue weighted by Crippen LogP contribution is 2.55. The van der Waals surface area contributed by atoms with Crippen molar-refractivity contribution >= 4 is 37.3 Å². The lowest BCUT2D eigenvalue weighted by molar-refractivity contribution is 0.00330. The van der Waals surface area contributed by atoms with Crippen molar-refractivity contribution in [1.82, 2.24) is 4.90 Å². The fourth-order valence-electron chi connectivity index (χ4n) is 5.78. The van der Waals surface area contributed by atoms with Crippen LogP contribution >= 0.6 is 0 Å². The Kier molecular flexibility index (Phi) is 4.38. The van der Waals surface area contributed by atoms with Gasteiger partial charge < -0.3 is 20.4 Å². The molecule has 2 aliphatic carbocycles. The standard InChI is InChI=1S/C19H24N4O6S2/c1-23-16-10-4-3-9(7-10)14(16)17(24)15(19(23)25)18-20-12-6-5-11(21-30(2,26)27)8-13(12)31(28,29)22-18/h5-6,8-10,14,16-17,21,24-25H,3-4,7H2,1-2H3,(H,20,22). The maximum absolute atomic E-state index is 12.9. The van der Waals surface area contributed by atoms with Crippen molar-refractivity contribution in [3.8, 4) is 0 Å². The fourth-order valence-corrected chi connectivity index (χ4v) is 7.49. The average Bonchev–Trinajstić information content (AvgIpc) is 3.27. The van der Waals surface area contributed by atoms with E-state index in [1.54, 1.807) is 11.9 Å². The van der Waals surface area contributed by atoms with Crippen molar-refractivity contribution in [2.45, 2.75) is 36.3 Å². The molecule has 10 nitrogen and oxygen atoms in total.